The van der Waals surface area contributed by atoms with Gasteiger partial charge in [-0.2, -0.15) is 0 Å². The number of likely N-dealkylation sites (tertiary alicyclic amines) is 1. The number of imide groups is 1. The van der Waals surface area contributed by atoms with Crippen LogP contribution in [-0.2, 0) is 54.1 Å². The van der Waals surface area contributed by atoms with Crippen molar-refractivity contribution in [3.05, 3.63) is 46.5 Å². The van der Waals surface area contributed by atoms with Crippen LogP contribution in [0.1, 0.15) is 92.6 Å². The molecule has 4 heterocycles. The van der Waals surface area contributed by atoms with Crippen LogP contribution in [-0.4, -0.2) is 150 Å². The first-order valence-corrected chi connectivity index (χ1v) is 23.8. The van der Waals surface area contributed by atoms with Gasteiger partial charge in [-0.25, -0.2) is 9.59 Å². The summed E-state index contributed by atoms with van der Waals surface area (Å²) in [6, 6.07) is 2.43. The third-order valence-corrected chi connectivity index (χ3v) is 15.0. The predicted octanol–water partition coefficient (Wildman–Crippen LogP) is 4.46. The summed E-state index contributed by atoms with van der Waals surface area (Å²) in [5.74, 6) is -2.76. The third kappa shape index (κ3) is 12.5. The Morgan fingerprint density at radius 2 is 1.85 bits per heavy atom. The number of carbonyl (C=O) groups is 7. The Hall–Kier alpha value is -4.69. The second-order valence-corrected chi connectivity index (χ2v) is 20.8. The van der Waals surface area contributed by atoms with Crippen LogP contribution >= 0.6 is 23.4 Å². The van der Waals surface area contributed by atoms with Crippen LogP contribution in [0, 0.1) is 5.92 Å². The number of likely N-dealkylation sites (N-methyl/N-ethyl adjacent to an activating group) is 1. The number of halogens is 1. The van der Waals surface area contributed by atoms with E-state index in [1.54, 1.807) is 52.1 Å². The number of rotatable bonds is 14. The van der Waals surface area contributed by atoms with E-state index in [1.165, 1.54) is 49.8 Å². The van der Waals surface area contributed by atoms with Gasteiger partial charge in [0.25, 0.3) is 0 Å². The molecule has 0 aromatic heterocycles. The quantitative estimate of drug-likeness (QED) is 0.133. The third-order valence-electron chi connectivity index (χ3n) is 13.1. The van der Waals surface area contributed by atoms with Gasteiger partial charge in [-0.05, 0) is 51.3 Å². The minimum Gasteiger partial charge on any atom is -0.495 e. The van der Waals surface area contributed by atoms with Crippen molar-refractivity contribution < 1.29 is 62.4 Å². The minimum atomic E-state index is -1.87. The van der Waals surface area contributed by atoms with Crippen molar-refractivity contribution in [1.29, 1.82) is 0 Å². The lowest BCUT2D eigenvalue weighted by molar-refractivity contribution is -0.162. The molecule has 1 aromatic rings. The highest BCUT2D eigenvalue weighted by molar-refractivity contribution is 8.02. The van der Waals surface area contributed by atoms with Crippen molar-refractivity contribution in [2.24, 2.45) is 5.92 Å². The van der Waals surface area contributed by atoms with Crippen molar-refractivity contribution in [1.82, 2.24) is 20.4 Å². The van der Waals surface area contributed by atoms with Crippen LogP contribution in [0.25, 0.3) is 0 Å². The molecule has 6 amide bonds. The number of benzene rings is 1. The molecule has 3 saturated heterocycles. The van der Waals surface area contributed by atoms with Crippen LogP contribution in [0.4, 0.5) is 10.5 Å². The summed E-state index contributed by atoms with van der Waals surface area (Å²) in [5, 5.41) is 16.6. The van der Waals surface area contributed by atoms with Gasteiger partial charge in [0.1, 0.15) is 40.7 Å². The first-order chi connectivity index (χ1) is 31.4. The van der Waals surface area contributed by atoms with Crippen LogP contribution in [0.5, 0.6) is 5.75 Å². The number of fused-ring (bicyclic) bond motifs is 5. The van der Waals surface area contributed by atoms with E-state index in [0.717, 1.165) is 16.0 Å². The zero-order valence-electron chi connectivity index (χ0n) is 40.3. The number of epoxide rings is 1. The summed E-state index contributed by atoms with van der Waals surface area (Å²) in [6.07, 6.45) is 1.08. The molecule has 3 fully saturated rings. The topological polar surface area (TPSA) is 223 Å². The number of nitrogens with one attached hydrogen (secondary N) is 2. The van der Waals surface area contributed by atoms with E-state index >= 15 is 0 Å². The molecule has 9 atom stereocenters. The number of alkyl carbamates (subject to hydrolysis) is 1. The smallest absolute Gasteiger partial charge is 0.409 e. The van der Waals surface area contributed by atoms with E-state index in [4.69, 9.17) is 35.3 Å². The molecule has 5 rings (SSSR count). The Morgan fingerprint density at radius 3 is 2.51 bits per heavy atom. The molecule has 3 N–H and O–H groups in total. The lowest BCUT2D eigenvalue weighted by Gasteiger charge is -2.42. The summed E-state index contributed by atoms with van der Waals surface area (Å²) in [6.45, 7) is 12.6. The molecule has 4 aliphatic heterocycles. The molecular formula is C47H66ClN5O13S. The standard InChI is InChI=1S/C47H66ClN5O13S/c1-12-36(54)49-18-19-53-39(57)23-33(42(53)58)67-45(5,6)17-16-37(55)51(8)28(4)43(59)65-35-24-38(56)52(9)30-21-29(22-31(62-10)40(30)48)20-26(2)14-13-15-34(63-11)47(61)25-32(64-44(60)50-47)27(3)41-46(35,7)66-41/h13-15,21-22,27-28,32-35,41,61H,12,16-20,23-25H2,1-11H3,(H,49,54)(H,50,60)/b15-13+,26-14+/t27-,28+,32+,33?,34-,35+,41+,46+,47+/m1/s1. The molecule has 1 aromatic carbocycles. The summed E-state index contributed by atoms with van der Waals surface area (Å²) in [4.78, 5) is 96.4. The van der Waals surface area contributed by atoms with E-state index in [1.807, 2.05) is 26.8 Å². The molecule has 67 heavy (non-hydrogen) atoms. The number of amides is 6. The van der Waals surface area contributed by atoms with Crippen molar-refractivity contribution in [2.75, 3.05) is 46.3 Å². The molecule has 0 radical (unpaired) electrons. The molecule has 0 aliphatic carbocycles. The second kappa shape index (κ2) is 21.7. The highest BCUT2D eigenvalue weighted by atomic mass is 35.5. The average Bonchev–Trinajstić information content (AvgIpc) is 3.90. The Balaban J connectivity index is 1.35. The van der Waals surface area contributed by atoms with E-state index in [0.29, 0.717) is 30.7 Å². The predicted molar refractivity (Wildman–Crippen MR) is 250 cm³/mol. The fraction of sp³-hybridized carbons (Fsp3) is 0.638. The van der Waals surface area contributed by atoms with Crippen LogP contribution in [0.3, 0.4) is 0 Å². The number of carbonyl (C=O) groups excluding carboxylic acids is 7. The van der Waals surface area contributed by atoms with Gasteiger partial charge in [0.05, 0.1) is 30.6 Å². The number of thioether (sulfide) groups is 1. The van der Waals surface area contributed by atoms with Crippen molar-refractivity contribution in [2.45, 2.75) is 145 Å². The van der Waals surface area contributed by atoms with Gasteiger partial charge in [0, 0.05) is 70.6 Å². The summed E-state index contributed by atoms with van der Waals surface area (Å²) in [5.41, 5.74) is -1.14. The molecular weight excluding hydrogens is 910 g/mol. The molecule has 4 bridgehead atoms. The minimum absolute atomic E-state index is 0.00248. The van der Waals surface area contributed by atoms with E-state index in [2.05, 4.69) is 10.6 Å². The molecule has 0 spiro atoms. The maximum absolute atomic E-state index is 14.3. The number of ether oxygens (including phenoxy) is 5. The maximum Gasteiger partial charge on any atom is 0.409 e. The summed E-state index contributed by atoms with van der Waals surface area (Å²) < 4.78 is 28.8. The Labute approximate surface area is 401 Å². The lowest BCUT2D eigenvalue weighted by atomic mass is 9.83. The number of allylic oxidation sites excluding steroid dienone is 3. The lowest BCUT2D eigenvalue weighted by Crippen LogP contribution is -2.63. The highest BCUT2D eigenvalue weighted by Gasteiger charge is 2.64. The second-order valence-electron chi connectivity index (χ2n) is 18.6. The first kappa shape index (κ1) is 53.3. The summed E-state index contributed by atoms with van der Waals surface area (Å²) in [7, 11) is 5.91. The Morgan fingerprint density at radius 1 is 1.15 bits per heavy atom. The van der Waals surface area contributed by atoms with Crippen LogP contribution < -0.4 is 20.3 Å². The van der Waals surface area contributed by atoms with Crippen molar-refractivity contribution in [3.63, 3.8) is 0 Å². The van der Waals surface area contributed by atoms with Gasteiger partial charge in [0.2, 0.25) is 29.5 Å². The van der Waals surface area contributed by atoms with Crippen molar-refractivity contribution in [3.8, 4) is 5.75 Å². The number of aliphatic hydroxyl groups is 1. The van der Waals surface area contributed by atoms with Crippen molar-refractivity contribution >= 4 is 70.6 Å². The fourth-order valence-electron chi connectivity index (χ4n) is 8.66. The molecule has 4 aliphatic rings. The SMILES string of the molecule is CCC(=O)NCCN1C(=O)CC(SC(C)(C)CCC(=O)N(C)[C@@H](C)C(=O)O[C@H]2CC(=O)N(C)c3cc(cc(OC)c3Cl)C/C(C)=C/C=C/[C@@H](OC)[C@@]3(O)C[C@H](OC(=O)N3)[C@@H](C)[C@@H]3O[C@@]23C)C1=O. The van der Waals surface area contributed by atoms with E-state index in [9.17, 15) is 38.7 Å². The number of hydrogen-bond donors (Lipinski definition) is 3. The number of methoxy groups -OCH3 is 2. The Bertz CT molecular complexity index is 2150. The van der Waals surface area contributed by atoms with Gasteiger partial charge in [-0.1, -0.05) is 63.1 Å². The van der Waals surface area contributed by atoms with Gasteiger partial charge < -0.3 is 43.9 Å². The fourth-order valence-corrected chi connectivity index (χ4v) is 10.4. The normalized spacial score (nSPS) is 29.7. The molecule has 370 valence electrons. The number of hydrogen-bond acceptors (Lipinski definition) is 14. The van der Waals surface area contributed by atoms with Gasteiger partial charge >= 0.3 is 12.1 Å². The zero-order chi connectivity index (χ0) is 49.8. The van der Waals surface area contributed by atoms with E-state index in [-0.39, 0.29) is 67.4 Å². The molecule has 1 unspecified atom stereocenters. The summed E-state index contributed by atoms with van der Waals surface area (Å²) >= 11 is 8.11. The van der Waals surface area contributed by atoms with Crippen LogP contribution in [0.2, 0.25) is 5.02 Å². The van der Waals surface area contributed by atoms with Gasteiger partial charge in [0.15, 0.2) is 5.72 Å². The largest absolute Gasteiger partial charge is 0.495 e. The molecule has 0 saturated carbocycles. The molecule has 18 nitrogen and oxygen atoms in total. The zero-order valence-corrected chi connectivity index (χ0v) is 41.8. The number of anilines is 1. The number of nitrogens with zero attached hydrogens (tertiary/aromatic N) is 3. The maximum atomic E-state index is 14.3. The monoisotopic (exact) mass is 975 g/mol. The number of esters is 1. The average molecular weight is 977 g/mol. The van der Waals surface area contributed by atoms with Crippen LogP contribution in [0.15, 0.2) is 35.9 Å². The Kier molecular flexibility index (Phi) is 17.3. The first-order valence-electron chi connectivity index (χ1n) is 22.5. The van der Waals surface area contributed by atoms with Gasteiger partial charge in [-0.3, -0.25) is 34.2 Å². The van der Waals surface area contributed by atoms with E-state index < -0.39 is 75.7 Å². The highest BCUT2D eigenvalue weighted by Crippen LogP contribution is 2.49. The van der Waals surface area contributed by atoms with Gasteiger partial charge in [-0.15, -0.1) is 11.8 Å². The molecule has 20 heteroatoms.